The molecule has 5 nitrogen and oxygen atoms in total. The molecule has 0 bridgehead atoms. The molecule has 1 aliphatic heterocycles. The van der Waals surface area contributed by atoms with E-state index in [0.29, 0.717) is 6.54 Å². The second-order valence-corrected chi connectivity index (χ2v) is 4.81. The molecule has 88 valence electrons. The fourth-order valence-electron chi connectivity index (χ4n) is 1.47. The summed E-state index contributed by atoms with van der Waals surface area (Å²) in [6.45, 7) is 6.75. The van der Waals surface area contributed by atoms with E-state index in [1.165, 1.54) is 0 Å². The fraction of sp³-hybridized carbons (Fsp3) is 0.900. The molecule has 1 saturated heterocycles. The first-order chi connectivity index (χ1) is 6.88. The van der Waals surface area contributed by atoms with E-state index in [4.69, 9.17) is 4.74 Å². The van der Waals surface area contributed by atoms with Gasteiger partial charge in [-0.25, -0.2) is 4.79 Å². The molecule has 2 atom stereocenters. The van der Waals surface area contributed by atoms with E-state index in [0.717, 1.165) is 13.0 Å². The van der Waals surface area contributed by atoms with E-state index in [1.807, 2.05) is 20.8 Å². The molecule has 0 saturated carbocycles. The zero-order valence-corrected chi connectivity index (χ0v) is 9.54. The number of ether oxygens (including phenoxy) is 1. The van der Waals surface area contributed by atoms with Gasteiger partial charge in [0.05, 0.1) is 12.1 Å². The Balaban J connectivity index is 2.36. The van der Waals surface area contributed by atoms with E-state index >= 15 is 0 Å². The predicted molar refractivity (Wildman–Crippen MR) is 56.7 cm³/mol. The molecule has 0 aromatic carbocycles. The number of nitrogens with one attached hydrogen (secondary N) is 2. The predicted octanol–water partition coefficient (Wildman–Crippen LogP) is 0.234. The van der Waals surface area contributed by atoms with Gasteiger partial charge < -0.3 is 20.5 Å². The molecular formula is C10H20N2O3. The van der Waals surface area contributed by atoms with Crippen molar-refractivity contribution in [3.05, 3.63) is 0 Å². The summed E-state index contributed by atoms with van der Waals surface area (Å²) in [5.74, 6) is 0. The number of aliphatic hydroxyl groups is 1. The van der Waals surface area contributed by atoms with Crippen LogP contribution in [0, 0.1) is 0 Å². The van der Waals surface area contributed by atoms with Crippen molar-refractivity contribution < 1.29 is 14.6 Å². The Hall–Kier alpha value is -0.810. The van der Waals surface area contributed by atoms with Crippen molar-refractivity contribution in [1.82, 2.24) is 10.6 Å². The average Bonchev–Trinajstić information content (AvgIpc) is 2.05. The minimum atomic E-state index is -0.536. The van der Waals surface area contributed by atoms with Crippen molar-refractivity contribution in [3.63, 3.8) is 0 Å². The number of hydrogen-bond donors (Lipinski definition) is 3. The summed E-state index contributed by atoms with van der Waals surface area (Å²) in [4.78, 5) is 11.4. The van der Waals surface area contributed by atoms with Crippen LogP contribution < -0.4 is 10.6 Å². The Morgan fingerprint density at radius 3 is 2.73 bits per heavy atom. The topological polar surface area (TPSA) is 70.6 Å². The van der Waals surface area contributed by atoms with Crippen molar-refractivity contribution in [2.75, 3.05) is 13.1 Å². The first-order valence-electron chi connectivity index (χ1n) is 5.27. The van der Waals surface area contributed by atoms with Crippen LogP contribution in [0.1, 0.15) is 27.2 Å². The third-order valence-electron chi connectivity index (χ3n) is 2.15. The second kappa shape index (κ2) is 4.81. The van der Waals surface area contributed by atoms with E-state index in [9.17, 15) is 9.90 Å². The number of carbonyl (C=O) groups is 1. The highest BCUT2D eigenvalue weighted by Crippen LogP contribution is 2.09. The Kier molecular flexibility index (Phi) is 3.93. The summed E-state index contributed by atoms with van der Waals surface area (Å²) in [5, 5.41) is 15.3. The minimum Gasteiger partial charge on any atom is -0.444 e. The summed E-state index contributed by atoms with van der Waals surface area (Å²) in [6.07, 6.45) is -0.278. The van der Waals surface area contributed by atoms with Gasteiger partial charge in [0.15, 0.2) is 0 Å². The second-order valence-electron chi connectivity index (χ2n) is 4.81. The van der Waals surface area contributed by atoms with Gasteiger partial charge in [0.1, 0.15) is 5.60 Å². The van der Waals surface area contributed by atoms with Crippen LogP contribution >= 0.6 is 0 Å². The van der Waals surface area contributed by atoms with Crippen LogP contribution in [-0.4, -0.2) is 42.0 Å². The Bertz CT molecular complexity index is 225. The number of amides is 1. The monoisotopic (exact) mass is 216 g/mol. The lowest BCUT2D eigenvalue weighted by Gasteiger charge is -2.30. The molecule has 1 fully saturated rings. The quantitative estimate of drug-likeness (QED) is 0.587. The van der Waals surface area contributed by atoms with Crippen LogP contribution in [-0.2, 0) is 4.74 Å². The molecule has 0 aromatic heterocycles. The maximum atomic E-state index is 11.4. The molecule has 1 amide bonds. The number of aliphatic hydroxyl groups excluding tert-OH is 1. The standard InChI is InChI=1S/C10H20N2O3/c1-10(2,3)15-9(14)12-7-4-5-11-6-8(7)13/h7-8,11,13H,4-6H2,1-3H3,(H,12,14)/t7-,8-/m1/s1. The van der Waals surface area contributed by atoms with Crippen LogP contribution in [0.5, 0.6) is 0 Å². The molecule has 0 spiro atoms. The summed E-state index contributed by atoms with van der Waals surface area (Å²) in [7, 11) is 0. The Morgan fingerprint density at radius 2 is 2.20 bits per heavy atom. The molecule has 15 heavy (non-hydrogen) atoms. The summed E-state index contributed by atoms with van der Waals surface area (Å²) < 4.78 is 5.11. The molecule has 0 aromatic rings. The smallest absolute Gasteiger partial charge is 0.407 e. The molecule has 1 rings (SSSR count). The molecule has 5 heteroatoms. The SMILES string of the molecule is CC(C)(C)OC(=O)N[C@@H]1CCNC[C@H]1O. The fourth-order valence-corrected chi connectivity index (χ4v) is 1.47. The number of β-amino-alcohol motifs (C(OH)–C–C–N with tert-alkyl or cyclic N) is 1. The average molecular weight is 216 g/mol. The van der Waals surface area contributed by atoms with Crippen molar-refractivity contribution in [2.45, 2.75) is 44.9 Å². The van der Waals surface area contributed by atoms with Gasteiger partial charge in [-0.1, -0.05) is 0 Å². The summed E-state index contributed by atoms with van der Waals surface area (Å²) >= 11 is 0. The highest BCUT2D eigenvalue weighted by atomic mass is 16.6. The Morgan fingerprint density at radius 1 is 1.53 bits per heavy atom. The number of hydrogen-bond acceptors (Lipinski definition) is 4. The van der Waals surface area contributed by atoms with Gasteiger partial charge in [-0.3, -0.25) is 0 Å². The third kappa shape index (κ3) is 4.48. The number of piperidine rings is 1. The molecule has 0 aliphatic carbocycles. The molecule has 1 aliphatic rings. The van der Waals surface area contributed by atoms with E-state index in [-0.39, 0.29) is 6.04 Å². The van der Waals surface area contributed by atoms with Crippen LogP contribution in [0.4, 0.5) is 4.79 Å². The van der Waals surface area contributed by atoms with Crippen LogP contribution in [0.2, 0.25) is 0 Å². The number of rotatable bonds is 1. The maximum absolute atomic E-state index is 11.4. The first kappa shape index (κ1) is 12.3. The molecule has 3 N–H and O–H groups in total. The van der Waals surface area contributed by atoms with Crippen molar-refractivity contribution >= 4 is 6.09 Å². The van der Waals surface area contributed by atoms with Gasteiger partial charge in [0.25, 0.3) is 0 Å². The lowest BCUT2D eigenvalue weighted by atomic mass is 10.0. The Labute approximate surface area is 90.2 Å². The highest BCUT2D eigenvalue weighted by Gasteiger charge is 2.26. The maximum Gasteiger partial charge on any atom is 0.407 e. The lowest BCUT2D eigenvalue weighted by Crippen LogP contribution is -2.53. The minimum absolute atomic E-state index is 0.207. The largest absolute Gasteiger partial charge is 0.444 e. The summed E-state index contributed by atoms with van der Waals surface area (Å²) in [5.41, 5.74) is -0.498. The van der Waals surface area contributed by atoms with Crippen molar-refractivity contribution in [3.8, 4) is 0 Å². The summed E-state index contributed by atoms with van der Waals surface area (Å²) in [6, 6.07) is -0.207. The van der Waals surface area contributed by atoms with Crippen molar-refractivity contribution in [1.29, 1.82) is 0 Å². The molecule has 0 radical (unpaired) electrons. The van der Waals surface area contributed by atoms with Crippen molar-refractivity contribution in [2.24, 2.45) is 0 Å². The number of carbonyl (C=O) groups excluding carboxylic acids is 1. The van der Waals surface area contributed by atoms with Gasteiger partial charge in [0.2, 0.25) is 0 Å². The first-order valence-corrected chi connectivity index (χ1v) is 5.27. The van der Waals surface area contributed by atoms with Crippen LogP contribution in [0.3, 0.4) is 0 Å². The van der Waals surface area contributed by atoms with Gasteiger partial charge >= 0.3 is 6.09 Å². The van der Waals surface area contributed by atoms with Gasteiger partial charge in [-0.2, -0.15) is 0 Å². The third-order valence-corrected chi connectivity index (χ3v) is 2.15. The van der Waals surface area contributed by atoms with Gasteiger partial charge in [0, 0.05) is 6.54 Å². The zero-order chi connectivity index (χ0) is 11.5. The van der Waals surface area contributed by atoms with Gasteiger partial charge in [-0.05, 0) is 33.7 Å². The molecular weight excluding hydrogens is 196 g/mol. The van der Waals surface area contributed by atoms with Gasteiger partial charge in [-0.15, -0.1) is 0 Å². The lowest BCUT2D eigenvalue weighted by molar-refractivity contribution is 0.0386. The van der Waals surface area contributed by atoms with Crippen LogP contribution in [0.25, 0.3) is 0 Å². The number of alkyl carbamates (subject to hydrolysis) is 1. The normalized spacial score (nSPS) is 27.2. The zero-order valence-electron chi connectivity index (χ0n) is 9.54. The van der Waals surface area contributed by atoms with E-state index in [1.54, 1.807) is 0 Å². The molecule has 0 unspecified atom stereocenters. The van der Waals surface area contributed by atoms with E-state index in [2.05, 4.69) is 10.6 Å². The van der Waals surface area contributed by atoms with E-state index < -0.39 is 17.8 Å². The highest BCUT2D eigenvalue weighted by molar-refractivity contribution is 5.68. The van der Waals surface area contributed by atoms with Crippen LogP contribution in [0.15, 0.2) is 0 Å². The molecule has 1 heterocycles.